The lowest BCUT2D eigenvalue weighted by Gasteiger charge is -2.18. The van der Waals surface area contributed by atoms with E-state index in [1.807, 2.05) is 6.20 Å². The van der Waals surface area contributed by atoms with Crippen LogP contribution in [-0.2, 0) is 6.42 Å². The van der Waals surface area contributed by atoms with Gasteiger partial charge in [0.25, 0.3) is 0 Å². The molecule has 0 fully saturated rings. The van der Waals surface area contributed by atoms with E-state index in [2.05, 4.69) is 37.1 Å². The van der Waals surface area contributed by atoms with Gasteiger partial charge in [-0.25, -0.2) is 4.98 Å². The molecule has 0 spiro atoms. The van der Waals surface area contributed by atoms with Gasteiger partial charge in [0.1, 0.15) is 5.01 Å². The summed E-state index contributed by atoms with van der Waals surface area (Å²) in [6.07, 6.45) is 4.53. The predicted molar refractivity (Wildman–Crippen MR) is 67.4 cm³/mol. The molecule has 3 nitrogen and oxygen atoms in total. The van der Waals surface area contributed by atoms with E-state index < -0.39 is 0 Å². The first-order valence-corrected chi connectivity index (χ1v) is 6.60. The SMILES string of the molecule is CCc1cnc(C(C)NC(CC)CC#N)s1. The van der Waals surface area contributed by atoms with Gasteiger partial charge in [-0.3, -0.25) is 0 Å². The van der Waals surface area contributed by atoms with Gasteiger partial charge in [0.2, 0.25) is 0 Å². The van der Waals surface area contributed by atoms with E-state index in [-0.39, 0.29) is 12.1 Å². The molecule has 88 valence electrons. The Labute approximate surface area is 102 Å². The van der Waals surface area contributed by atoms with Crippen LogP contribution in [0, 0.1) is 11.3 Å². The van der Waals surface area contributed by atoms with Crippen molar-refractivity contribution in [3.63, 3.8) is 0 Å². The van der Waals surface area contributed by atoms with Gasteiger partial charge in [-0.15, -0.1) is 11.3 Å². The Morgan fingerprint density at radius 1 is 1.56 bits per heavy atom. The fourth-order valence-electron chi connectivity index (χ4n) is 1.54. The van der Waals surface area contributed by atoms with E-state index in [4.69, 9.17) is 5.26 Å². The molecular formula is C12H19N3S. The first kappa shape index (κ1) is 13.1. The van der Waals surface area contributed by atoms with Crippen molar-refractivity contribution in [2.45, 2.75) is 52.1 Å². The Hall–Kier alpha value is -0.920. The van der Waals surface area contributed by atoms with Gasteiger partial charge in [0.05, 0.1) is 18.5 Å². The fraction of sp³-hybridized carbons (Fsp3) is 0.667. The zero-order valence-corrected chi connectivity index (χ0v) is 11.0. The van der Waals surface area contributed by atoms with Crippen LogP contribution in [0.5, 0.6) is 0 Å². The molecular weight excluding hydrogens is 218 g/mol. The molecule has 0 aliphatic heterocycles. The summed E-state index contributed by atoms with van der Waals surface area (Å²) in [4.78, 5) is 5.72. The normalized spacial score (nSPS) is 14.4. The molecule has 0 saturated heterocycles. The van der Waals surface area contributed by atoms with Crippen molar-refractivity contribution in [2.75, 3.05) is 0 Å². The minimum Gasteiger partial charge on any atom is -0.304 e. The van der Waals surface area contributed by atoms with Gasteiger partial charge in [-0.1, -0.05) is 13.8 Å². The molecule has 16 heavy (non-hydrogen) atoms. The molecule has 0 aliphatic rings. The van der Waals surface area contributed by atoms with E-state index in [1.54, 1.807) is 11.3 Å². The molecule has 0 bridgehead atoms. The summed E-state index contributed by atoms with van der Waals surface area (Å²) in [5.41, 5.74) is 0. The lowest BCUT2D eigenvalue weighted by atomic mass is 10.1. The standard InChI is InChI=1S/C12H19N3S/c1-4-10(6-7-13)15-9(3)12-14-8-11(5-2)16-12/h8-10,15H,4-6H2,1-3H3. The molecule has 0 aromatic carbocycles. The maximum Gasteiger partial charge on any atom is 0.109 e. The molecule has 1 N–H and O–H groups in total. The van der Waals surface area contributed by atoms with Crippen molar-refractivity contribution >= 4 is 11.3 Å². The molecule has 1 heterocycles. The van der Waals surface area contributed by atoms with Crippen LogP contribution >= 0.6 is 11.3 Å². The number of aryl methyl sites for hydroxylation is 1. The molecule has 1 aromatic heterocycles. The lowest BCUT2D eigenvalue weighted by Crippen LogP contribution is -2.30. The van der Waals surface area contributed by atoms with Crippen molar-refractivity contribution in [2.24, 2.45) is 0 Å². The van der Waals surface area contributed by atoms with Crippen LogP contribution in [0.2, 0.25) is 0 Å². The highest BCUT2D eigenvalue weighted by Crippen LogP contribution is 2.21. The molecule has 0 amide bonds. The van der Waals surface area contributed by atoms with Gasteiger partial charge in [-0.05, 0) is 19.8 Å². The smallest absolute Gasteiger partial charge is 0.109 e. The Morgan fingerprint density at radius 2 is 2.31 bits per heavy atom. The van der Waals surface area contributed by atoms with Gasteiger partial charge in [-0.2, -0.15) is 5.26 Å². The zero-order valence-electron chi connectivity index (χ0n) is 10.2. The molecule has 2 unspecified atom stereocenters. The van der Waals surface area contributed by atoms with Crippen LogP contribution in [0.25, 0.3) is 0 Å². The van der Waals surface area contributed by atoms with E-state index in [1.165, 1.54) is 4.88 Å². The minimum absolute atomic E-state index is 0.239. The summed E-state index contributed by atoms with van der Waals surface area (Å²) in [5, 5.41) is 13.3. The maximum atomic E-state index is 8.69. The maximum absolute atomic E-state index is 8.69. The number of nitrogens with one attached hydrogen (secondary N) is 1. The Bertz CT molecular complexity index is 353. The van der Waals surface area contributed by atoms with Crippen molar-refractivity contribution in [3.05, 3.63) is 16.1 Å². The number of hydrogen-bond donors (Lipinski definition) is 1. The molecule has 0 saturated carbocycles. The summed E-state index contributed by atoms with van der Waals surface area (Å²) < 4.78 is 0. The van der Waals surface area contributed by atoms with Crippen molar-refractivity contribution in [3.8, 4) is 6.07 Å². The number of nitrogens with zero attached hydrogens (tertiary/aromatic N) is 2. The molecule has 1 rings (SSSR count). The van der Waals surface area contributed by atoms with E-state index in [0.29, 0.717) is 6.42 Å². The topological polar surface area (TPSA) is 48.7 Å². The molecule has 0 radical (unpaired) electrons. The Kier molecular flexibility index (Phi) is 5.44. The molecule has 2 atom stereocenters. The van der Waals surface area contributed by atoms with E-state index >= 15 is 0 Å². The summed E-state index contributed by atoms with van der Waals surface area (Å²) >= 11 is 1.76. The number of aromatic nitrogens is 1. The second-order valence-corrected chi connectivity index (χ2v) is 5.02. The summed E-state index contributed by atoms with van der Waals surface area (Å²) in [6, 6.07) is 2.72. The second kappa shape index (κ2) is 6.62. The van der Waals surface area contributed by atoms with Gasteiger partial charge in [0, 0.05) is 17.1 Å². The summed E-state index contributed by atoms with van der Waals surface area (Å²) in [5.74, 6) is 0. The first-order valence-electron chi connectivity index (χ1n) is 5.78. The summed E-state index contributed by atoms with van der Waals surface area (Å²) in [7, 11) is 0. The minimum atomic E-state index is 0.239. The number of nitriles is 1. The fourth-order valence-corrected chi connectivity index (χ4v) is 2.41. The average molecular weight is 237 g/mol. The van der Waals surface area contributed by atoms with Gasteiger partial charge in [0.15, 0.2) is 0 Å². The van der Waals surface area contributed by atoms with Crippen LogP contribution < -0.4 is 5.32 Å². The monoisotopic (exact) mass is 237 g/mol. The lowest BCUT2D eigenvalue weighted by molar-refractivity contribution is 0.447. The van der Waals surface area contributed by atoms with Crippen LogP contribution in [0.1, 0.15) is 49.5 Å². The highest BCUT2D eigenvalue weighted by molar-refractivity contribution is 7.11. The average Bonchev–Trinajstić information content (AvgIpc) is 2.76. The van der Waals surface area contributed by atoms with Crippen LogP contribution in [-0.4, -0.2) is 11.0 Å². The van der Waals surface area contributed by atoms with Crippen molar-refractivity contribution in [1.82, 2.24) is 10.3 Å². The predicted octanol–water partition coefficient (Wildman–Crippen LogP) is 3.05. The second-order valence-electron chi connectivity index (χ2n) is 3.87. The molecule has 1 aromatic rings. The largest absolute Gasteiger partial charge is 0.304 e. The van der Waals surface area contributed by atoms with Crippen LogP contribution in [0.4, 0.5) is 0 Å². The van der Waals surface area contributed by atoms with E-state index in [0.717, 1.165) is 17.8 Å². The first-order chi connectivity index (χ1) is 7.71. The Morgan fingerprint density at radius 3 is 2.81 bits per heavy atom. The Balaban J connectivity index is 2.57. The highest BCUT2D eigenvalue weighted by atomic mass is 32.1. The number of rotatable bonds is 6. The summed E-state index contributed by atoms with van der Waals surface area (Å²) in [6.45, 7) is 6.35. The number of hydrogen-bond acceptors (Lipinski definition) is 4. The zero-order chi connectivity index (χ0) is 12.0. The van der Waals surface area contributed by atoms with Crippen LogP contribution in [0.3, 0.4) is 0 Å². The van der Waals surface area contributed by atoms with E-state index in [9.17, 15) is 0 Å². The van der Waals surface area contributed by atoms with Crippen LogP contribution in [0.15, 0.2) is 6.20 Å². The third-order valence-electron chi connectivity index (χ3n) is 2.61. The third-order valence-corrected chi connectivity index (χ3v) is 3.93. The molecule has 0 aliphatic carbocycles. The van der Waals surface area contributed by atoms with Crippen molar-refractivity contribution < 1.29 is 0 Å². The third kappa shape index (κ3) is 3.58. The molecule has 4 heteroatoms. The highest BCUT2D eigenvalue weighted by Gasteiger charge is 2.14. The van der Waals surface area contributed by atoms with Gasteiger partial charge < -0.3 is 5.32 Å². The number of thiazole rings is 1. The van der Waals surface area contributed by atoms with Crippen molar-refractivity contribution in [1.29, 1.82) is 5.26 Å². The van der Waals surface area contributed by atoms with Gasteiger partial charge >= 0.3 is 0 Å². The quantitative estimate of drug-likeness (QED) is 0.827.